The van der Waals surface area contributed by atoms with Gasteiger partial charge in [-0.1, -0.05) is 80.2 Å². The highest BCUT2D eigenvalue weighted by atomic mass is 32.1. The Hall–Kier alpha value is -1.47. The maximum absolute atomic E-state index is 5.62. The van der Waals surface area contributed by atoms with Crippen molar-refractivity contribution in [2.45, 2.75) is 26.2 Å². The molecule has 0 fully saturated rings. The molecule has 92 valence electrons. The Balaban J connectivity index is 2.30. The van der Waals surface area contributed by atoms with Crippen molar-refractivity contribution in [3.8, 4) is 0 Å². The van der Waals surface area contributed by atoms with Gasteiger partial charge in [0.25, 0.3) is 0 Å². The summed E-state index contributed by atoms with van der Waals surface area (Å²) in [6, 6.07) is 18.8. The SMILES string of the molecule is CCCCc1ccccc1C(=S)c1ccccc1. The molecule has 0 saturated heterocycles. The van der Waals surface area contributed by atoms with E-state index >= 15 is 0 Å². The molecule has 2 aromatic carbocycles. The van der Waals surface area contributed by atoms with Crippen LogP contribution in [0.1, 0.15) is 36.5 Å². The summed E-state index contributed by atoms with van der Waals surface area (Å²) in [5, 5.41) is 0. The molecule has 0 aromatic heterocycles. The molecule has 0 aliphatic rings. The minimum absolute atomic E-state index is 0.960. The number of hydrogen-bond acceptors (Lipinski definition) is 1. The molecule has 2 rings (SSSR count). The molecule has 0 radical (unpaired) electrons. The molecule has 0 bridgehead atoms. The summed E-state index contributed by atoms with van der Waals surface area (Å²) in [4.78, 5) is 0.960. The second kappa shape index (κ2) is 6.46. The Labute approximate surface area is 115 Å². The van der Waals surface area contributed by atoms with Gasteiger partial charge in [-0.2, -0.15) is 0 Å². The lowest BCUT2D eigenvalue weighted by Gasteiger charge is -2.10. The molecule has 0 spiro atoms. The highest BCUT2D eigenvalue weighted by Gasteiger charge is 2.08. The van der Waals surface area contributed by atoms with E-state index in [0.29, 0.717) is 0 Å². The molecule has 0 aliphatic carbocycles. The van der Waals surface area contributed by atoms with E-state index in [2.05, 4.69) is 43.3 Å². The van der Waals surface area contributed by atoms with Crippen LogP contribution in [-0.4, -0.2) is 4.86 Å². The van der Waals surface area contributed by atoms with E-state index in [1.54, 1.807) is 0 Å². The average molecular weight is 254 g/mol. The Morgan fingerprint density at radius 1 is 0.944 bits per heavy atom. The third-order valence-electron chi connectivity index (χ3n) is 3.10. The summed E-state index contributed by atoms with van der Waals surface area (Å²) in [5.41, 5.74) is 3.72. The quantitative estimate of drug-likeness (QED) is 0.546. The molecule has 0 saturated carbocycles. The van der Waals surface area contributed by atoms with Crippen molar-refractivity contribution in [3.63, 3.8) is 0 Å². The number of hydrogen-bond donors (Lipinski definition) is 0. The van der Waals surface area contributed by atoms with Crippen LogP contribution in [0, 0.1) is 0 Å². The molecule has 0 amide bonds. The number of benzene rings is 2. The first-order valence-electron chi connectivity index (χ1n) is 6.50. The van der Waals surface area contributed by atoms with Gasteiger partial charge in [-0.05, 0) is 29.5 Å². The van der Waals surface area contributed by atoms with Gasteiger partial charge in [-0.3, -0.25) is 0 Å². The van der Waals surface area contributed by atoms with Crippen molar-refractivity contribution in [2.24, 2.45) is 0 Å². The van der Waals surface area contributed by atoms with Gasteiger partial charge in [0, 0.05) is 0 Å². The monoisotopic (exact) mass is 254 g/mol. The van der Waals surface area contributed by atoms with Gasteiger partial charge in [0.2, 0.25) is 0 Å². The molecule has 0 N–H and O–H groups in total. The molecular formula is C17H18S. The van der Waals surface area contributed by atoms with Crippen LogP contribution < -0.4 is 0 Å². The molecule has 18 heavy (non-hydrogen) atoms. The van der Waals surface area contributed by atoms with E-state index in [4.69, 9.17) is 12.2 Å². The maximum atomic E-state index is 5.62. The van der Waals surface area contributed by atoms with E-state index in [0.717, 1.165) is 16.8 Å². The van der Waals surface area contributed by atoms with Gasteiger partial charge in [-0.15, -0.1) is 0 Å². The fourth-order valence-corrected chi connectivity index (χ4v) is 2.41. The highest BCUT2D eigenvalue weighted by molar-refractivity contribution is 7.81. The Morgan fingerprint density at radius 3 is 2.33 bits per heavy atom. The first kappa shape index (κ1) is 13.0. The normalized spacial score (nSPS) is 10.3. The first-order valence-corrected chi connectivity index (χ1v) is 6.91. The van der Waals surface area contributed by atoms with Gasteiger partial charge in [0.15, 0.2) is 0 Å². The van der Waals surface area contributed by atoms with Crippen molar-refractivity contribution < 1.29 is 0 Å². The summed E-state index contributed by atoms with van der Waals surface area (Å²) >= 11 is 5.62. The Morgan fingerprint density at radius 2 is 1.61 bits per heavy atom. The van der Waals surface area contributed by atoms with Crippen LogP contribution >= 0.6 is 12.2 Å². The molecule has 0 atom stereocenters. The summed E-state index contributed by atoms with van der Waals surface area (Å²) in [7, 11) is 0. The first-order chi connectivity index (χ1) is 8.83. The standard InChI is InChI=1S/C17H18S/c1-2-3-9-14-10-7-8-13-16(14)17(18)15-11-5-4-6-12-15/h4-8,10-13H,2-3,9H2,1H3. The number of thiocarbonyl (C=S) groups is 1. The third-order valence-corrected chi connectivity index (χ3v) is 3.55. The van der Waals surface area contributed by atoms with E-state index in [1.165, 1.54) is 24.0 Å². The van der Waals surface area contributed by atoms with Gasteiger partial charge in [0.05, 0.1) is 4.86 Å². The lowest BCUT2D eigenvalue weighted by atomic mass is 9.96. The van der Waals surface area contributed by atoms with Crippen molar-refractivity contribution >= 4 is 17.1 Å². The molecule has 0 nitrogen and oxygen atoms in total. The zero-order valence-corrected chi connectivity index (χ0v) is 11.5. The number of rotatable bonds is 5. The fourth-order valence-electron chi connectivity index (χ4n) is 2.07. The minimum Gasteiger partial charge on any atom is -0.0788 e. The molecule has 0 unspecified atom stereocenters. The van der Waals surface area contributed by atoms with Crippen LogP contribution in [0.3, 0.4) is 0 Å². The van der Waals surface area contributed by atoms with E-state index in [9.17, 15) is 0 Å². The zero-order valence-electron chi connectivity index (χ0n) is 10.7. The maximum Gasteiger partial charge on any atom is 0.0524 e. The predicted octanol–water partition coefficient (Wildman–Crippen LogP) is 4.80. The Kier molecular flexibility index (Phi) is 4.66. The van der Waals surface area contributed by atoms with Crippen LogP contribution in [0.2, 0.25) is 0 Å². The lowest BCUT2D eigenvalue weighted by molar-refractivity contribution is 0.794. The van der Waals surface area contributed by atoms with Crippen molar-refractivity contribution in [2.75, 3.05) is 0 Å². The van der Waals surface area contributed by atoms with E-state index < -0.39 is 0 Å². The fraction of sp³-hybridized carbons (Fsp3) is 0.235. The highest BCUT2D eigenvalue weighted by Crippen LogP contribution is 2.17. The van der Waals surface area contributed by atoms with Gasteiger partial charge in [-0.25, -0.2) is 0 Å². The third kappa shape index (κ3) is 3.05. The largest absolute Gasteiger partial charge is 0.0788 e. The number of aryl methyl sites for hydroxylation is 1. The zero-order chi connectivity index (χ0) is 12.8. The Bertz CT molecular complexity index is 514. The van der Waals surface area contributed by atoms with Crippen LogP contribution in [0.4, 0.5) is 0 Å². The molecule has 0 heterocycles. The van der Waals surface area contributed by atoms with Crippen molar-refractivity contribution in [1.29, 1.82) is 0 Å². The predicted molar refractivity (Wildman–Crippen MR) is 82.3 cm³/mol. The van der Waals surface area contributed by atoms with Crippen LogP contribution in [0.15, 0.2) is 54.6 Å². The van der Waals surface area contributed by atoms with Gasteiger partial charge in [0.1, 0.15) is 0 Å². The van der Waals surface area contributed by atoms with Crippen molar-refractivity contribution in [1.82, 2.24) is 0 Å². The number of unbranched alkanes of at least 4 members (excludes halogenated alkanes) is 1. The molecule has 1 heteroatoms. The summed E-state index contributed by atoms with van der Waals surface area (Å²) in [6.07, 6.45) is 3.54. The second-order valence-electron chi connectivity index (χ2n) is 4.46. The van der Waals surface area contributed by atoms with Crippen molar-refractivity contribution in [3.05, 3.63) is 71.3 Å². The molecular weight excluding hydrogens is 236 g/mol. The van der Waals surface area contributed by atoms with E-state index in [1.807, 2.05) is 18.2 Å². The lowest BCUT2D eigenvalue weighted by Crippen LogP contribution is -2.04. The smallest absolute Gasteiger partial charge is 0.0524 e. The van der Waals surface area contributed by atoms with Crippen LogP contribution in [0.25, 0.3) is 0 Å². The van der Waals surface area contributed by atoms with Crippen LogP contribution in [0.5, 0.6) is 0 Å². The minimum atomic E-state index is 0.960. The summed E-state index contributed by atoms with van der Waals surface area (Å²) in [5.74, 6) is 0. The average Bonchev–Trinajstić information content (AvgIpc) is 2.45. The summed E-state index contributed by atoms with van der Waals surface area (Å²) in [6.45, 7) is 2.22. The van der Waals surface area contributed by atoms with Gasteiger partial charge >= 0.3 is 0 Å². The summed E-state index contributed by atoms with van der Waals surface area (Å²) < 4.78 is 0. The molecule has 0 aliphatic heterocycles. The van der Waals surface area contributed by atoms with Gasteiger partial charge < -0.3 is 0 Å². The topological polar surface area (TPSA) is 0 Å². The van der Waals surface area contributed by atoms with Crippen LogP contribution in [-0.2, 0) is 6.42 Å². The molecule has 2 aromatic rings. The second-order valence-corrected chi connectivity index (χ2v) is 4.86. The van der Waals surface area contributed by atoms with E-state index in [-0.39, 0.29) is 0 Å².